The minimum absolute atomic E-state index is 0.00977. The Bertz CT molecular complexity index is 763. The van der Waals surface area contributed by atoms with Crippen LogP contribution < -0.4 is 4.74 Å². The first-order chi connectivity index (χ1) is 11.6. The normalized spacial score (nSPS) is 18.9. The lowest BCUT2D eigenvalue weighted by molar-refractivity contribution is -0.137. The van der Waals surface area contributed by atoms with Gasteiger partial charge in [-0.3, -0.25) is 4.98 Å². The summed E-state index contributed by atoms with van der Waals surface area (Å²) >= 11 is 17.8. The second-order valence-corrected chi connectivity index (χ2v) is 7.89. The molecule has 1 heterocycles. The molecule has 1 aliphatic rings. The summed E-state index contributed by atoms with van der Waals surface area (Å²) in [6.07, 6.45) is -2.63. The standard InChI is InChI=1S/C17H13Cl3F3NO/c18-14-6-11(17(21,22)23)8-24-15(14)5-10-1-3-13(4-2-10)25-9-12-7-16(12,19)20/h1-4,6,8,12H,5,7,9H2/t12-/m1/s1. The number of rotatable bonds is 5. The van der Waals surface area contributed by atoms with Gasteiger partial charge in [-0.15, -0.1) is 23.2 Å². The van der Waals surface area contributed by atoms with Crippen molar-refractivity contribution in [2.24, 2.45) is 5.92 Å². The van der Waals surface area contributed by atoms with E-state index in [-0.39, 0.29) is 10.9 Å². The maximum absolute atomic E-state index is 12.6. The van der Waals surface area contributed by atoms with Crippen LogP contribution in [-0.2, 0) is 12.6 Å². The van der Waals surface area contributed by atoms with E-state index < -0.39 is 16.1 Å². The van der Waals surface area contributed by atoms with Gasteiger partial charge in [-0.25, -0.2) is 0 Å². The molecule has 0 N–H and O–H groups in total. The quantitative estimate of drug-likeness (QED) is 0.571. The van der Waals surface area contributed by atoms with Crippen LogP contribution >= 0.6 is 34.8 Å². The summed E-state index contributed by atoms with van der Waals surface area (Å²) in [5.41, 5.74) is 0.382. The number of hydrogen-bond donors (Lipinski definition) is 0. The smallest absolute Gasteiger partial charge is 0.417 e. The van der Waals surface area contributed by atoms with Crippen molar-refractivity contribution in [3.63, 3.8) is 0 Å². The topological polar surface area (TPSA) is 22.1 Å². The van der Waals surface area contributed by atoms with Gasteiger partial charge < -0.3 is 4.74 Å². The zero-order chi connectivity index (χ0) is 18.2. The molecule has 0 spiro atoms. The average Bonchev–Trinajstić information content (AvgIpc) is 3.15. The largest absolute Gasteiger partial charge is 0.493 e. The maximum atomic E-state index is 12.6. The van der Waals surface area contributed by atoms with Crippen LogP contribution in [-0.4, -0.2) is 15.9 Å². The van der Waals surface area contributed by atoms with Crippen molar-refractivity contribution in [1.29, 1.82) is 0 Å². The SMILES string of the molecule is FC(F)(F)c1cnc(Cc2ccc(OC[C@H]3CC3(Cl)Cl)cc2)c(Cl)c1. The van der Waals surface area contributed by atoms with Crippen molar-refractivity contribution in [3.05, 3.63) is 58.4 Å². The molecule has 1 saturated carbocycles. The van der Waals surface area contributed by atoms with E-state index in [9.17, 15) is 13.2 Å². The lowest BCUT2D eigenvalue weighted by Crippen LogP contribution is -2.07. The highest BCUT2D eigenvalue weighted by molar-refractivity contribution is 6.50. The summed E-state index contributed by atoms with van der Waals surface area (Å²) < 4.78 is 42.8. The van der Waals surface area contributed by atoms with E-state index in [2.05, 4.69) is 4.98 Å². The highest BCUT2D eigenvalue weighted by Gasteiger charge is 2.52. The Morgan fingerprint density at radius 3 is 2.36 bits per heavy atom. The second kappa shape index (κ2) is 6.86. The minimum atomic E-state index is -4.46. The molecule has 0 aliphatic heterocycles. The van der Waals surface area contributed by atoms with Gasteiger partial charge >= 0.3 is 6.18 Å². The Kier molecular flexibility index (Phi) is 5.11. The Morgan fingerprint density at radius 1 is 1.20 bits per heavy atom. The van der Waals surface area contributed by atoms with Gasteiger partial charge in [0.2, 0.25) is 0 Å². The van der Waals surface area contributed by atoms with Gasteiger partial charge in [0, 0.05) is 18.5 Å². The fourth-order valence-electron chi connectivity index (χ4n) is 2.30. The van der Waals surface area contributed by atoms with Crippen LogP contribution in [0.15, 0.2) is 36.5 Å². The molecule has 0 unspecified atom stereocenters. The van der Waals surface area contributed by atoms with E-state index in [1.807, 2.05) is 12.1 Å². The Hall–Kier alpha value is -1.17. The molecule has 0 saturated heterocycles. The van der Waals surface area contributed by atoms with Gasteiger partial charge in [-0.1, -0.05) is 23.7 Å². The van der Waals surface area contributed by atoms with Crippen molar-refractivity contribution in [2.75, 3.05) is 6.61 Å². The summed E-state index contributed by atoms with van der Waals surface area (Å²) in [6.45, 7) is 0.443. The monoisotopic (exact) mass is 409 g/mol. The number of nitrogens with zero attached hydrogens (tertiary/aromatic N) is 1. The van der Waals surface area contributed by atoms with E-state index in [4.69, 9.17) is 39.5 Å². The molecule has 25 heavy (non-hydrogen) atoms. The van der Waals surface area contributed by atoms with E-state index in [0.717, 1.165) is 17.8 Å². The first-order valence-electron chi connectivity index (χ1n) is 7.46. The molecule has 2 aromatic rings. The predicted molar refractivity (Wildman–Crippen MR) is 91.5 cm³/mol. The van der Waals surface area contributed by atoms with Crippen LogP contribution in [0, 0.1) is 5.92 Å². The van der Waals surface area contributed by atoms with Crippen molar-refractivity contribution >= 4 is 34.8 Å². The lowest BCUT2D eigenvalue weighted by atomic mass is 10.1. The summed E-state index contributed by atoms with van der Waals surface area (Å²) in [7, 11) is 0. The molecule has 8 heteroatoms. The Labute approximate surface area is 157 Å². The van der Waals surface area contributed by atoms with Crippen molar-refractivity contribution in [3.8, 4) is 5.75 Å². The second-order valence-electron chi connectivity index (χ2n) is 5.94. The number of aromatic nitrogens is 1. The fourth-order valence-corrected chi connectivity index (χ4v) is 3.03. The van der Waals surface area contributed by atoms with E-state index in [0.29, 0.717) is 30.9 Å². The van der Waals surface area contributed by atoms with Crippen molar-refractivity contribution < 1.29 is 17.9 Å². The first-order valence-corrected chi connectivity index (χ1v) is 8.60. The van der Waals surface area contributed by atoms with Crippen molar-refractivity contribution in [1.82, 2.24) is 4.98 Å². The zero-order valence-corrected chi connectivity index (χ0v) is 15.1. The molecule has 0 radical (unpaired) electrons. The molecular formula is C17H13Cl3F3NO. The van der Waals surface area contributed by atoms with Gasteiger partial charge in [0.05, 0.1) is 22.9 Å². The highest BCUT2D eigenvalue weighted by atomic mass is 35.5. The number of alkyl halides is 5. The molecule has 134 valence electrons. The number of pyridine rings is 1. The molecule has 1 aromatic heterocycles. The van der Waals surface area contributed by atoms with Gasteiger partial charge in [-0.2, -0.15) is 13.2 Å². The molecule has 1 aliphatic carbocycles. The van der Waals surface area contributed by atoms with Crippen LogP contribution in [0.5, 0.6) is 5.75 Å². The number of halogens is 6. The van der Waals surface area contributed by atoms with Crippen LogP contribution in [0.2, 0.25) is 5.02 Å². The third-order valence-electron chi connectivity index (χ3n) is 3.95. The zero-order valence-electron chi connectivity index (χ0n) is 12.8. The van der Waals surface area contributed by atoms with E-state index >= 15 is 0 Å². The fraction of sp³-hybridized carbons (Fsp3) is 0.353. The Morgan fingerprint density at radius 2 is 1.84 bits per heavy atom. The third kappa shape index (κ3) is 4.72. The molecule has 0 amide bonds. The molecule has 0 bridgehead atoms. The first kappa shape index (κ1) is 18.6. The molecule has 3 rings (SSSR count). The maximum Gasteiger partial charge on any atom is 0.417 e. The number of ether oxygens (including phenoxy) is 1. The highest BCUT2D eigenvalue weighted by Crippen LogP contribution is 2.53. The molecule has 1 aromatic carbocycles. The number of benzene rings is 1. The number of hydrogen-bond acceptors (Lipinski definition) is 2. The van der Waals surface area contributed by atoms with Gasteiger partial charge in [-0.05, 0) is 30.2 Å². The molecule has 1 atom stereocenters. The average molecular weight is 411 g/mol. The summed E-state index contributed by atoms with van der Waals surface area (Å²) in [5, 5.41) is -0.00977. The van der Waals surface area contributed by atoms with Crippen LogP contribution in [0.1, 0.15) is 23.2 Å². The minimum Gasteiger partial charge on any atom is -0.493 e. The predicted octanol–water partition coefficient (Wildman–Crippen LogP) is 5.92. The summed E-state index contributed by atoms with van der Waals surface area (Å²) in [6, 6.07) is 8.07. The van der Waals surface area contributed by atoms with Gasteiger partial charge in [0.15, 0.2) is 0 Å². The van der Waals surface area contributed by atoms with E-state index in [1.165, 1.54) is 0 Å². The van der Waals surface area contributed by atoms with Crippen LogP contribution in [0.3, 0.4) is 0 Å². The lowest BCUT2D eigenvalue weighted by Gasteiger charge is -2.10. The Balaban J connectivity index is 1.61. The van der Waals surface area contributed by atoms with Crippen molar-refractivity contribution in [2.45, 2.75) is 23.4 Å². The van der Waals surface area contributed by atoms with Gasteiger partial charge in [0.1, 0.15) is 10.1 Å². The molecule has 2 nitrogen and oxygen atoms in total. The molecule has 1 fully saturated rings. The van der Waals surface area contributed by atoms with Crippen LogP contribution in [0.4, 0.5) is 13.2 Å². The van der Waals surface area contributed by atoms with Crippen LogP contribution in [0.25, 0.3) is 0 Å². The van der Waals surface area contributed by atoms with Gasteiger partial charge in [0.25, 0.3) is 0 Å². The van der Waals surface area contributed by atoms with E-state index in [1.54, 1.807) is 12.1 Å². The molecular weight excluding hydrogens is 398 g/mol. The third-order valence-corrected chi connectivity index (χ3v) is 5.20. The summed E-state index contributed by atoms with van der Waals surface area (Å²) in [5.74, 6) is 0.803. The summed E-state index contributed by atoms with van der Waals surface area (Å²) in [4.78, 5) is 3.83.